The molecule has 1 heterocycles. The Labute approximate surface area is 281 Å². The summed E-state index contributed by atoms with van der Waals surface area (Å²) in [6, 6.07) is 4.69. The molecule has 2 fully saturated rings. The summed E-state index contributed by atoms with van der Waals surface area (Å²) in [7, 11) is 1.80. The molecule has 4 N–H and O–H groups in total. The molecule has 4 atom stereocenters. The number of anilines is 1. The average molecular weight is 658 g/mol. The van der Waals surface area contributed by atoms with Crippen LogP contribution in [-0.4, -0.2) is 96.6 Å². The highest BCUT2D eigenvalue weighted by Gasteiger charge is 2.31. The Balaban J connectivity index is 1.54. The topological polar surface area (TPSA) is 132 Å². The highest BCUT2D eigenvalue weighted by Crippen LogP contribution is 2.29. The van der Waals surface area contributed by atoms with Crippen molar-refractivity contribution in [3.63, 3.8) is 0 Å². The summed E-state index contributed by atoms with van der Waals surface area (Å²) >= 11 is 0. The summed E-state index contributed by atoms with van der Waals surface area (Å²) in [6.45, 7) is 6.84. The monoisotopic (exact) mass is 657 g/mol. The van der Waals surface area contributed by atoms with Crippen LogP contribution in [0, 0.1) is 5.92 Å². The third-order valence-corrected chi connectivity index (χ3v) is 9.98. The number of nitrogens with zero attached hydrogens (tertiary/aromatic N) is 2. The molecule has 11 nitrogen and oxygen atoms in total. The van der Waals surface area contributed by atoms with Crippen molar-refractivity contribution >= 4 is 23.7 Å². The van der Waals surface area contributed by atoms with Crippen molar-refractivity contribution in [1.29, 1.82) is 0 Å². The number of hydrogen-bond donors (Lipinski definition) is 4. The Morgan fingerprint density at radius 1 is 0.957 bits per heavy atom. The molecule has 4 rings (SSSR count). The maximum Gasteiger partial charge on any atom is 0.319 e. The largest absolute Gasteiger partial charge is 0.490 e. The second kappa shape index (κ2) is 18.5. The molecular weight excluding hydrogens is 598 g/mol. The summed E-state index contributed by atoms with van der Waals surface area (Å²) in [5, 5.41) is 19.4. The van der Waals surface area contributed by atoms with E-state index in [0.29, 0.717) is 36.7 Å². The van der Waals surface area contributed by atoms with Gasteiger partial charge in [0.2, 0.25) is 0 Å². The summed E-state index contributed by atoms with van der Waals surface area (Å²) in [4.78, 5) is 43.7. The number of amides is 5. The highest BCUT2D eigenvalue weighted by molar-refractivity contribution is 5.99. The van der Waals surface area contributed by atoms with Crippen molar-refractivity contribution in [2.75, 3.05) is 38.7 Å². The maximum absolute atomic E-state index is 14.4. The van der Waals surface area contributed by atoms with Gasteiger partial charge in [-0.25, -0.2) is 9.59 Å². The lowest BCUT2D eigenvalue weighted by Gasteiger charge is -2.36. The Hall–Kier alpha value is -3.05. The molecule has 47 heavy (non-hydrogen) atoms. The second-order valence-corrected chi connectivity index (χ2v) is 14.1. The van der Waals surface area contributed by atoms with E-state index >= 15 is 0 Å². The molecule has 2 aliphatic carbocycles. The van der Waals surface area contributed by atoms with Gasteiger partial charge in [0, 0.05) is 50.4 Å². The van der Waals surface area contributed by atoms with E-state index in [1.165, 1.54) is 12.8 Å². The molecule has 0 radical (unpaired) electrons. The van der Waals surface area contributed by atoms with Gasteiger partial charge in [0.1, 0.15) is 5.75 Å². The normalized spacial score (nSPS) is 24.7. The molecule has 2 saturated carbocycles. The standard InChI is InChI=1S/C36H59N5O6/c1-25-22-41(26(2)24-42)34(43)31-21-30(38-35(44)37-28-14-7-5-8-15-28)18-19-32(31)47-27(3)13-11-12-20-46-33(25)23-40(4)36(45)39-29-16-9-6-10-17-29/h18-19,21,25-29,33,42H,5-17,20,22-24H2,1-4H3,(H,39,45)(H2,37,38,44)/t25-,26-,27-,33+/m1/s1. The van der Waals surface area contributed by atoms with E-state index in [-0.39, 0.29) is 54.8 Å². The van der Waals surface area contributed by atoms with E-state index in [1.807, 2.05) is 20.8 Å². The number of urea groups is 2. The van der Waals surface area contributed by atoms with Crippen LogP contribution in [-0.2, 0) is 4.74 Å². The number of carbonyl (C=O) groups excluding carboxylic acids is 3. The number of fused-ring (bicyclic) bond motifs is 1. The third kappa shape index (κ3) is 11.3. The molecule has 3 aliphatic rings. The van der Waals surface area contributed by atoms with E-state index in [4.69, 9.17) is 9.47 Å². The molecule has 264 valence electrons. The second-order valence-electron chi connectivity index (χ2n) is 14.1. The minimum atomic E-state index is -0.484. The number of hydrogen-bond acceptors (Lipinski definition) is 6. The van der Waals surface area contributed by atoms with Gasteiger partial charge in [0.15, 0.2) is 0 Å². The van der Waals surface area contributed by atoms with E-state index in [0.717, 1.165) is 70.6 Å². The Morgan fingerprint density at radius 3 is 2.26 bits per heavy atom. The molecule has 11 heteroatoms. The first kappa shape index (κ1) is 36.8. The van der Waals surface area contributed by atoms with Gasteiger partial charge < -0.3 is 40.3 Å². The lowest BCUT2D eigenvalue weighted by molar-refractivity contribution is -0.0123. The predicted octanol–water partition coefficient (Wildman–Crippen LogP) is 5.91. The van der Waals surface area contributed by atoms with E-state index < -0.39 is 6.04 Å². The van der Waals surface area contributed by atoms with Crippen molar-refractivity contribution in [2.24, 2.45) is 5.92 Å². The van der Waals surface area contributed by atoms with Gasteiger partial charge in [-0.2, -0.15) is 0 Å². The molecule has 1 aliphatic heterocycles. The molecule has 0 spiro atoms. The summed E-state index contributed by atoms with van der Waals surface area (Å²) in [5.74, 6) is 0.00958. The quantitative estimate of drug-likeness (QED) is 0.288. The fourth-order valence-electron chi connectivity index (χ4n) is 6.95. The van der Waals surface area contributed by atoms with Crippen molar-refractivity contribution in [3.05, 3.63) is 23.8 Å². The van der Waals surface area contributed by atoms with Gasteiger partial charge in [-0.05, 0) is 77.0 Å². The lowest BCUT2D eigenvalue weighted by atomic mass is 9.96. The third-order valence-electron chi connectivity index (χ3n) is 9.98. The van der Waals surface area contributed by atoms with Crippen molar-refractivity contribution in [1.82, 2.24) is 20.4 Å². The smallest absolute Gasteiger partial charge is 0.319 e. The molecule has 0 saturated heterocycles. The number of rotatable bonds is 7. The van der Waals surface area contributed by atoms with Crippen LogP contribution in [0.4, 0.5) is 15.3 Å². The van der Waals surface area contributed by atoms with Crippen LogP contribution >= 0.6 is 0 Å². The number of nitrogens with one attached hydrogen (secondary N) is 3. The van der Waals surface area contributed by atoms with Gasteiger partial charge in [0.05, 0.1) is 30.4 Å². The highest BCUT2D eigenvalue weighted by atomic mass is 16.5. The van der Waals surface area contributed by atoms with Crippen molar-refractivity contribution in [3.8, 4) is 5.75 Å². The maximum atomic E-state index is 14.4. The van der Waals surface area contributed by atoms with Crippen LogP contribution in [0.3, 0.4) is 0 Å². The molecule has 1 aromatic carbocycles. The zero-order valence-corrected chi connectivity index (χ0v) is 29.1. The summed E-state index contributed by atoms with van der Waals surface area (Å²) in [5.41, 5.74) is 0.831. The lowest BCUT2D eigenvalue weighted by Crippen LogP contribution is -2.50. The minimum absolute atomic E-state index is 0.101. The molecule has 0 bridgehead atoms. The molecule has 0 unspecified atom stereocenters. The van der Waals surface area contributed by atoms with Gasteiger partial charge >= 0.3 is 12.1 Å². The zero-order valence-electron chi connectivity index (χ0n) is 29.1. The zero-order chi connectivity index (χ0) is 33.8. The van der Waals surface area contributed by atoms with E-state index in [2.05, 4.69) is 16.0 Å². The van der Waals surface area contributed by atoms with Crippen LogP contribution in [0.25, 0.3) is 0 Å². The minimum Gasteiger partial charge on any atom is -0.490 e. The van der Waals surface area contributed by atoms with Crippen LogP contribution in [0.15, 0.2) is 18.2 Å². The SMILES string of the molecule is C[C@@H]1CCCCO[C@@H](CN(C)C(=O)NC2CCCCC2)[C@H](C)CN([C@H](C)CO)C(=O)c2cc(NC(=O)NC3CCCCC3)ccc2O1. The fraction of sp³-hybridized carbons (Fsp3) is 0.750. The average Bonchev–Trinajstić information content (AvgIpc) is 3.06. The van der Waals surface area contributed by atoms with Gasteiger partial charge in [-0.1, -0.05) is 45.4 Å². The number of aliphatic hydroxyl groups is 1. The molecular formula is C36H59N5O6. The first-order chi connectivity index (χ1) is 22.6. The number of aliphatic hydroxyl groups excluding tert-OH is 1. The van der Waals surface area contributed by atoms with Crippen LogP contribution < -0.4 is 20.7 Å². The Bertz CT molecular complexity index is 1150. The predicted molar refractivity (Wildman–Crippen MR) is 184 cm³/mol. The van der Waals surface area contributed by atoms with Crippen LogP contribution in [0.1, 0.15) is 115 Å². The number of ether oxygens (including phenoxy) is 2. The Morgan fingerprint density at radius 2 is 1.60 bits per heavy atom. The van der Waals surface area contributed by atoms with Gasteiger partial charge in [0.25, 0.3) is 5.91 Å². The summed E-state index contributed by atoms with van der Waals surface area (Å²) in [6.07, 6.45) is 12.9. The first-order valence-electron chi connectivity index (χ1n) is 18.1. The Kier molecular flexibility index (Phi) is 14.5. The van der Waals surface area contributed by atoms with Crippen LogP contribution in [0.2, 0.25) is 0 Å². The number of benzene rings is 1. The van der Waals surface area contributed by atoms with Crippen LogP contribution in [0.5, 0.6) is 5.75 Å². The molecule has 1 aromatic rings. The van der Waals surface area contributed by atoms with Gasteiger partial charge in [-0.15, -0.1) is 0 Å². The summed E-state index contributed by atoms with van der Waals surface area (Å²) < 4.78 is 12.7. The van der Waals surface area contributed by atoms with Crippen molar-refractivity contribution < 1.29 is 29.0 Å². The van der Waals surface area contributed by atoms with Crippen molar-refractivity contribution in [2.45, 2.75) is 135 Å². The first-order valence-corrected chi connectivity index (χ1v) is 18.1. The van der Waals surface area contributed by atoms with Gasteiger partial charge in [-0.3, -0.25) is 4.79 Å². The number of carbonyl (C=O) groups is 3. The van der Waals surface area contributed by atoms with E-state index in [9.17, 15) is 19.5 Å². The van der Waals surface area contributed by atoms with E-state index in [1.54, 1.807) is 35.0 Å². The molecule has 5 amide bonds. The molecule has 0 aromatic heterocycles. The number of likely N-dealkylation sites (N-methyl/N-ethyl adjacent to an activating group) is 1. The fourth-order valence-corrected chi connectivity index (χ4v) is 6.95.